The summed E-state index contributed by atoms with van der Waals surface area (Å²) < 4.78 is 1.93. The van der Waals surface area contributed by atoms with Crippen molar-refractivity contribution in [3.8, 4) is 5.75 Å². The second-order valence-electron chi connectivity index (χ2n) is 6.72. The van der Waals surface area contributed by atoms with Gasteiger partial charge in [0.25, 0.3) is 5.91 Å². The van der Waals surface area contributed by atoms with Crippen LogP contribution in [0.4, 0.5) is 16.6 Å². The highest BCUT2D eigenvalue weighted by atomic mass is 32.1. The predicted octanol–water partition coefficient (Wildman–Crippen LogP) is 4.55. The van der Waals surface area contributed by atoms with Crippen LogP contribution in [0.3, 0.4) is 0 Å². The molecule has 0 fully saturated rings. The second-order valence-corrected chi connectivity index (χ2v) is 7.75. The van der Waals surface area contributed by atoms with Gasteiger partial charge in [0.2, 0.25) is 0 Å². The number of benzene rings is 1. The molecule has 2 heterocycles. The molecular weight excluding hydrogens is 362 g/mol. The third-order valence-corrected chi connectivity index (χ3v) is 5.17. The van der Waals surface area contributed by atoms with Crippen LogP contribution >= 0.6 is 11.3 Å². The third-order valence-electron chi connectivity index (χ3n) is 4.26. The number of phenols is 1. The van der Waals surface area contributed by atoms with Crippen molar-refractivity contribution >= 4 is 33.9 Å². The molecule has 0 radical (unpaired) electrons. The molecular formula is C19H23N5O2S. The maximum absolute atomic E-state index is 12.6. The first kappa shape index (κ1) is 18.9. The standard InChI is InChI=1S/C19H23N5O2S/c1-10(2)24-12(4)8-16(23-24)21-19-20-9-15(27-19)18(26)22-17-11(3)6-7-14(25)13(17)5/h6-10,25H,1-5H3,(H,22,26)(H,20,21,23). The Hall–Kier alpha value is -2.87. The lowest BCUT2D eigenvalue weighted by atomic mass is 10.1. The monoisotopic (exact) mass is 385 g/mol. The predicted molar refractivity (Wildman–Crippen MR) is 108 cm³/mol. The van der Waals surface area contributed by atoms with Gasteiger partial charge in [-0.1, -0.05) is 17.4 Å². The molecule has 0 aliphatic carbocycles. The van der Waals surface area contributed by atoms with Crippen LogP contribution in [0.25, 0.3) is 0 Å². The van der Waals surface area contributed by atoms with Crippen LogP contribution in [0.15, 0.2) is 24.4 Å². The molecule has 1 aromatic carbocycles. The Bertz CT molecular complexity index is 990. The van der Waals surface area contributed by atoms with Gasteiger partial charge in [0, 0.05) is 23.4 Å². The molecule has 0 spiro atoms. The lowest BCUT2D eigenvalue weighted by Gasteiger charge is -2.11. The lowest BCUT2D eigenvalue weighted by Crippen LogP contribution is -2.12. The summed E-state index contributed by atoms with van der Waals surface area (Å²) in [6.07, 6.45) is 1.53. The first-order chi connectivity index (χ1) is 12.8. The number of hydrogen-bond donors (Lipinski definition) is 3. The number of phenolic OH excluding ortho intramolecular Hbond substituents is 1. The van der Waals surface area contributed by atoms with Gasteiger partial charge < -0.3 is 15.7 Å². The molecule has 0 aliphatic heterocycles. The number of anilines is 3. The van der Waals surface area contributed by atoms with E-state index >= 15 is 0 Å². The van der Waals surface area contributed by atoms with E-state index < -0.39 is 0 Å². The van der Waals surface area contributed by atoms with E-state index in [-0.39, 0.29) is 17.7 Å². The van der Waals surface area contributed by atoms with Gasteiger partial charge in [0.05, 0.1) is 11.9 Å². The zero-order chi connectivity index (χ0) is 19.7. The van der Waals surface area contributed by atoms with Crippen molar-refractivity contribution in [2.45, 2.75) is 40.7 Å². The second kappa shape index (κ2) is 7.40. The summed E-state index contributed by atoms with van der Waals surface area (Å²) in [5.41, 5.74) is 3.20. The molecule has 3 N–H and O–H groups in total. The number of rotatable bonds is 5. The van der Waals surface area contributed by atoms with Gasteiger partial charge in [0.15, 0.2) is 10.9 Å². The van der Waals surface area contributed by atoms with Crippen molar-refractivity contribution in [3.05, 3.63) is 46.1 Å². The van der Waals surface area contributed by atoms with Crippen LogP contribution < -0.4 is 10.6 Å². The molecule has 0 unspecified atom stereocenters. The van der Waals surface area contributed by atoms with E-state index in [1.807, 2.05) is 24.6 Å². The fourth-order valence-corrected chi connectivity index (χ4v) is 3.54. The van der Waals surface area contributed by atoms with Gasteiger partial charge >= 0.3 is 0 Å². The number of nitrogens with one attached hydrogen (secondary N) is 2. The summed E-state index contributed by atoms with van der Waals surface area (Å²) in [6.45, 7) is 9.79. The van der Waals surface area contributed by atoms with Gasteiger partial charge in [-0.15, -0.1) is 0 Å². The summed E-state index contributed by atoms with van der Waals surface area (Å²) in [5.74, 6) is 0.585. The number of aromatic hydroxyl groups is 1. The van der Waals surface area contributed by atoms with E-state index in [4.69, 9.17) is 0 Å². The van der Waals surface area contributed by atoms with Crippen molar-refractivity contribution < 1.29 is 9.90 Å². The van der Waals surface area contributed by atoms with E-state index in [1.165, 1.54) is 17.5 Å². The Labute approximate surface area is 162 Å². The fourth-order valence-electron chi connectivity index (χ4n) is 2.82. The maximum atomic E-state index is 12.6. The summed E-state index contributed by atoms with van der Waals surface area (Å²) in [7, 11) is 0. The van der Waals surface area contributed by atoms with Gasteiger partial charge in [-0.05, 0) is 46.2 Å². The highest BCUT2D eigenvalue weighted by molar-refractivity contribution is 7.17. The molecule has 0 atom stereocenters. The van der Waals surface area contributed by atoms with Crippen LogP contribution in [0, 0.1) is 20.8 Å². The van der Waals surface area contributed by atoms with Crippen molar-refractivity contribution in [1.29, 1.82) is 0 Å². The molecule has 142 valence electrons. The van der Waals surface area contributed by atoms with E-state index in [9.17, 15) is 9.90 Å². The Morgan fingerprint density at radius 2 is 2.00 bits per heavy atom. The molecule has 1 amide bonds. The number of amides is 1. The third kappa shape index (κ3) is 3.95. The van der Waals surface area contributed by atoms with Crippen LogP contribution in [0.5, 0.6) is 5.75 Å². The number of nitrogens with zero attached hydrogens (tertiary/aromatic N) is 3. The Balaban J connectivity index is 1.75. The molecule has 7 nitrogen and oxygen atoms in total. The number of thiazole rings is 1. The van der Waals surface area contributed by atoms with Crippen molar-refractivity contribution in [3.63, 3.8) is 0 Å². The Morgan fingerprint density at radius 3 is 2.67 bits per heavy atom. The van der Waals surface area contributed by atoms with Gasteiger partial charge in [-0.2, -0.15) is 5.10 Å². The molecule has 2 aromatic heterocycles. The Morgan fingerprint density at radius 1 is 1.26 bits per heavy atom. The maximum Gasteiger partial charge on any atom is 0.267 e. The highest BCUT2D eigenvalue weighted by Crippen LogP contribution is 2.29. The van der Waals surface area contributed by atoms with Gasteiger partial charge in [-0.3, -0.25) is 9.48 Å². The van der Waals surface area contributed by atoms with Gasteiger partial charge in [-0.25, -0.2) is 4.98 Å². The summed E-state index contributed by atoms with van der Waals surface area (Å²) in [5, 5.41) is 21.0. The normalized spacial score (nSPS) is 11.0. The minimum absolute atomic E-state index is 0.152. The van der Waals surface area contributed by atoms with E-state index in [2.05, 4.69) is 34.6 Å². The molecule has 3 aromatic rings. The molecule has 27 heavy (non-hydrogen) atoms. The lowest BCUT2D eigenvalue weighted by molar-refractivity contribution is 0.103. The largest absolute Gasteiger partial charge is 0.508 e. The quantitative estimate of drug-likeness (QED) is 0.599. The molecule has 0 saturated heterocycles. The smallest absolute Gasteiger partial charge is 0.267 e. The number of aromatic nitrogens is 3. The minimum Gasteiger partial charge on any atom is -0.508 e. The number of carbonyl (C=O) groups excluding carboxylic acids is 1. The number of carbonyl (C=O) groups is 1. The number of hydrogen-bond acceptors (Lipinski definition) is 6. The average molecular weight is 385 g/mol. The average Bonchev–Trinajstić information content (AvgIpc) is 3.22. The van der Waals surface area contributed by atoms with E-state index in [0.29, 0.717) is 27.1 Å². The summed E-state index contributed by atoms with van der Waals surface area (Å²) >= 11 is 1.25. The van der Waals surface area contributed by atoms with Crippen molar-refractivity contribution in [1.82, 2.24) is 14.8 Å². The summed E-state index contributed by atoms with van der Waals surface area (Å²) in [6, 6.07) is 5.60. The van der Waals surface area contributed by atoms with Crippen molar-refractivity contribution in [2.75, 3.05) is 10.6 Å². The number of aryl methyl sites for hydroxylation is 2. The van der Waals surface area contributed by atoms with E-state index in [1.54, 1.807) is 19.1 Å². The van der Waals surface area contributed by atoms with E-state index in [0.717, 1.165) is 11.3 Å². The fraction of sp³-hybridized carbons (Fsp3) is 0.316. The van der Waals surface area contributed by atoms with Crippen LogP contribution in [0.1, 0.15) is 46.4 Å². The van der Waals surface area contributed by atoms with Crippen LogP contribution in [0.2, 0.25) is 0 Å². The minimum atomic E-state index is -0.263. The highest BCUT2D eigenvalue weighted by Gasteiger charge is 2.16. The Kier molecular flexibility index (Phi) is 5.18. The van der Waals surface area contributed by atoms with Crippen LogP contribution in [-0.4, -0.2) is 25.8 Å². The SMILES string of the molecule is Cc1ccc(O)c(C)c1NC(=O)c1cnc(Nc2cc(C)n(C(C)C)n2)s1. The zero-order valence-electron chi connectivity index (χ0n) is 16.0. The molecule has 3 rings (SSSR count). The first-order valence-electron chi connectivity index (χ1n) is 8.65. The topological polar surface area (TPSA) is 92.1 Å². The zero-order valence-corrected chi connectivity index (χ0v) is 16.8. The molecule has 0 saturated carbocycles. The molecule has 8 heteroatoms. The summed E-state index contributed by atoms with van der Waals surface area (Å²) in [4.78, 5) is 17.3. The molecule has 0 aliphatic rings. The molecule has 0 bridgehead atoms. The van der Waals surface area contributed by atoms with Gasteiger partial charge in [0.1, 0.15) is 10.6 Å². The first-order valence-corrected chi connectivity index (χ1v) is 9.47. The van der Waals surface area contributed by atoms with Crippen LogP contribution in [-0.2, 0) is 0 Å². The van der Waals surface area contributed by atoms with Crippen molar-refractivity contribution in [2.24, 2.45) is 0 Å².